The largest absolute Gasteiger partial charge is 0.416 e. The highest BCUT2D eigenvalue weighted by atomic mass is 32.2. The summed E-state index contributed by atoms with van der Waals surface area (Å²) >= 11 is 0. The number of carbonyl (C=O) groups is 1. The summed E-state index contributed by atoms with van der Waals surface area (Å²) in [7, 11) is -1.73. The lowest BCUT2D eigenvalue weighted by atomic mass is 10.1. The first kappa shape index (κ1) is 20.2. The zero-order valence-corrected chi connectivity index (χ0v) is 15.9. The molecule has 0 aromatic heterocycles. The van der Waals surface area contributed by atoms with Crippen LogP contribution >= 0.6 is 0 Å². The topological polar surface area (TPSA) is 57.7 Å². The number of rotatable bonds is 4. The summed E-state index contributed by atoms with van der Waals surface area (Å²) in [5.74, 6) is -0.195. The summed E-state index contributed by atoms with van der Waals surface area (Å²) in [5, 5.41) is 0. The molecular formula is C19H19F3N2O3S. The first-order valence-electron chi connectivity index (χ1n) is 8.60. The van der Waals surface area contributed by atoms with Crippen LogP contribution in [0.5, 0.6) is 0 Å². The maximum absolute atomic E-state index is 12.6. The molecule has 0 spiro atoms. The van der Waals surface area contributed by atoms with E-state index in [-0.39, 0.29) is 18.2 Å². The van der Waals surface area contributed by atoms with Crippen LogP contribution in [-0.2, 0) is 22.7 Å². The highest BCUT2D eigenvalue weighted by molar-refractivity contribution is 7.93. The highest BCUT2D eigenvalue weighted by Gasteiger charge is 2.30. The maximum Gasteiger partial charge on any atom is 0.416 e. The van der Waals surface area contributed by atoms with Crippen LogP contribution in [0, 0.1) is 0 Å². The lowest BCUT2D eigenvalue weighted by Crippen LogP contribution is -2.27. The smallest absolute Gasteiger partial charge is 0.337 e. The first-order valence-corrected chi connectivity index (χ1v) is 10.2. The molecule has 9 heteroatoms. The number of alkyl halides is 3. The van der Waals surface area contributed by atoms with Crippen LogP contribution in [0.1, 0.15) is 27.9 Å². The molecule has 28 heavy (non-hydrogen) atoms. The minimum Gasteiger partial charge on any atom is -0.337 e. The van der Waals surface area contributed by atoms with Crippen LogP contribution in [0.3, 0.4) is 0 Å². The normalized spacial score (nSPS) is 16.2. The third-order valence-corrected chi connectivity index (χ3v) is 6.42. The van der Waals surface area contributed by atoms with E-state index in [1.807, 2.05) is 0 Å². The fourth-order valence-electron chi connectivity index (χ4n) is 3.06. The van der Waals surface area contributed by atoms with E-state index in [9.17, 15) is 26.4 Å². The van der Waals surface area contributed by atoms with Crippen LogP contribution in [0.25, 0.3) is 0 Å². The third-order valence-electron chi connectivity index (χ3n) is 4.55. The van der Waals surface area contributed by atoms with Gasteiger partial charge in [-0.25, -0.2) is 8.42 Å². The molecule has 1 heterocycles. The van der Waals surface area contributed by atoms with Gasteiger partial charge in [-0.2, -0.15) is 13.2 Å². The molecule has 2 aromatic carbocycles. The highest BCUT2D eigenvalue weighted by Crippen LogP contribution is 2.29. The van der Waals surface area contributed by atoms with E-state index in [2.05, 4.69) is 0 Å². The number of nitrogens with zero attached hydrogens (tertiary/aromatic N) is 2. The second-order valence-electron chi connectivity index (χ2n) is 6.64. The summed E-state index contributed by atoms with van der Waals surface area (Å²) in [6.45, 7) is 0.572. The second kappa shape index (κ2) is 7.46. The van der Waals surface area contributed by atoms with Crippen molar-refractivity contribution in [2.24, 2.45) is 0 Å². The van der Waals surface area contributed by atoms with Gasteiger partial charge >= 0.3 is 6.18 Å². The number of benzene rings is 2. The van der Waals surface area contributed by atoms with Crippen LogP contribution in [0.4, 0.5) is 18.9 Å². The van der Waals surface area contributed by atoms with E-state index in [1.165, 1.54) is 21.3 Å². The zero-order chi connectivity index (χ0) is 20.5. The van der Waals surface area contributed by atoms with Gasteiger partial charge in [-0.05, 0) is 48.4 Å². The van der Waals surface area contributed by atoms with Gasteiger partial charge in [0, 0.05) is 25.7 Å². The predicted molar refractivity (Wildman–Crippen MR) is 99.4 cm³/mol. The van der Waals surface area contributed by atoms with Crippen LogP contribution < -0.4 is 4.31 Å². The molecule has 2 aromatic rings. The molecule has 0 aliphatic carbocycles. The van der Waals surface area contributed by atoms with Crippen molar-refractivity contribution in [2.45, 2.75) is 19.1 Å². The van der Waals surface area contributed by atoms with Crippen molar-refractivity contribution >= 4 is 21.6 Å². The molecule has 1 fully saturated rings. The standard InChI is InChI=1S/C19H19F3N2O3S/c1-23(13-14-3-7-16(8-4-14)19(20,21)22)18(25)15-5-9-17(10-6-15)24-11-2-12-28(24,26)27/h3-10H,2,11-13H2,1H3. The minimum atomic E-state index is -4.40. The number of carbonyl (C=O) groups excluding carboxylic acids is 1. The maximum atomic E-state index is 12.6. The van der Waals surface area contributed by atoms with Crippen LogP contribution in [-0.4, -0.2) is 38.6 Å². The van der Waals surface area contributed by atoms with Gasteiger partial charge in [-0.15, -0.1) is 0 Å². The number of halogens is 3. The van der Waals surface area contributed by atoms with E-state index < -0.39 is 21.8 Å². The molecule has 1 aliphatic rings. The van der Waals surface area contributed by atoms with Gasteiger partial charge in [0.1, 0.15) is 0 Å². The Kier molecular flexibility index (Phi) is 5.38. The van der Waals surface area contributed by atoms with Gasteiger partial charge in [-0.1, -0.05) is 12.1 Å². The Morgan fingerprint density at radius 3 is 2.18 bits per heavy atom. The molecule has 0 N–H and O–H groups in total. The van der Waals surface area contributed by atoms with E-state index in [1.54, 1.807) is 31.3 Å². The molecule has 0 bridgehead atoms. The van der Waals surface area contributed by atoms with Crippen LogP contribution in [0.2, 0.25) is 0 Å². The Balaban J connectivity index is 1.68. The molecule has 0 unspecified atom stereocenters. The number of sulfonamides is 1. The second-order valence-corrected chi connectivity index (χ2v) is 8.66. The molecule has 3 rings (SSSR count). The molecule has 0 saturated carbocycles. The first-order chi connectivity index (χ1) is 13.1. The summed E-state index contributed by atoms with van der Waals surface area (Å²) in [6, 6.07) is 10.9. The Labute approximate surface area is 161 Å². The lowest BCUT2D eigenvalue weighted by Gasteiger charge is -2.19. The molecule has 0 radical (unpaired) electrons. The monoisotopic (exact) mass is 412 g/mol. The number of hydrogen-bond acceptors (Lipinski definition) is 3. The quantitative estimate of drug-likeness (QED) is 0.772. The molecule has 1 aliphatic heterocycles. The van der Waals surface area contributed by atoms with Gasteiger partial charge < -0.3 is 4.90 Å². The van der Waals surface area contributed by atoms with E-state index in [0.29, 0.717) is 29.8 Å². The molecular weight excluding hydrogens is 393 g/mol. The fourth-order valence-corrected chi connectivity index (χ4v) is 4.63. The average molecular weight is 412 g/mol. The van der Waals surface area contributed by atoms with E-state index in [4.69, 9.17) is 0 Å². The van der Waals surface area contributed by atoms with Gasteiger partial charge in [0.2, 0.25) is 10.0 Å². The SMILES string of the molecule is CN(Cc1ccc(C(F)(F)F)cc1)C(=O)c1ccc(N2CCCS2(=O)=O)cc1. The lowest BCUT2D eigenvalue weighted by molar-refractivity contribution is -0.137. The van der Waals surface area contributed by atoms with Gasteiger partial charge in [0.25, 0.3) is 5.91 Å². The molecule has 5 nitrogen and oxygen atoms in total. The van der Waals surface area contributed by atoms with Crippen molar-refractivity contribution in [2.75, 3.05) is 23.7 Å². The van der Waals surface area contributed by atoms with Gasteiger partial charge in [0.05, 0.1) is 17.0 Å². The van der Waals surface area contributed by atoms with E-state index in [0.717, 1.165) is 12.1 Å². The number of hydrogen-bond donors (Lipinski definition) is 0. The minimum absolute atomic E-state index is 0.115. The average Bonchev–Trinajstić information content (AvgIpc) is 3.00. The van der Waals surface area contributed by atoms with Crippen molar-refractivity contribution in [3.63, 3.8) is 0 Å². The fraction of sp³-hybridized carbons (Fsp3) is 0.316. The summed E-state index contributed by atoms with van der Waals surface area (Å²) in [4.78, 5) is 13.9. The number of anilines is 1. The van der Waals surface area contributed by atoms with Gasteiger partial charge in [0.15, 0.2) is 0 Å². The van der Waals surface area contributed by atoms with Crippen molar-refractivity contribution in [1.29, 1.82) is 0 Å². The van der Waals surface area contributed by atoms with E-state index >= 15 is 0 Å². The Morgan fingerprint density at radius 1 is 1.07 bits per heavy atom. The zero-order valence-electron chi connectivity index (χ0n) is 15.1. The summed E-state index contributed by atoms with van der Waals surface area (Å²) in [6.07, 6.45) is -3.83. The van der Waals surface area contributed by atoms with Crippen molar-refractivity contribution in [3.8, 4) is 0 Å². The van der Waals surface area contributed by atoms with Gasteiger partial charge in [-0.3, -0.25) is 9.10 Å². The summed E-state index contributed by atoms with van der Waals surface area (Å²) in [5.41, 5.74) is 0.718. The molecule has 150 valence electrons. The predicted octanol–water partition coefficient (Wildman–Crippen LogP) is 3.52. The molecule has 1 amide bonds. The Morgan fingerprint density at radius 2 is 1.68 bits per heavy atom. The van der Waals surface area contributed by atoms with Crippen molar-refractivity contribution in [3.05, 3.63) is 65.2 Å². The van der Waals surface area contributed by atoms with Crippen molar-refractivity contribution < 1.29 is 26.4 Å². The Hall–Kier alpha value is -2.55. The molecule has 0 atom stereocenters. The summed E-state index contributed by atoms with van der Waals surface area (Å²) < 4.78 is 63.1. The van der Waals surface area contributed by atoms with Crippen molar-refractivity contribution in [1.82, 2.24) is 4.90 Å². The molecule has 1 saturated heterocycles. The Bertz CT molecular complexity index is 955. The van der Waals surface area contributed by atoms with Crippen LogP contribution in [0.15, 0.2) is 48.5 Å². The number of amides is 1. The third kappa shape index (κ3) is 4.30.